The number of nitrogen functional groups attached to an aromatic ring is 1. The Balaban J connectivity index is 2.11. The van der Waals surface area contributed by atoms with E-state index in [1.807, 2.05) is 6.92 Å². The predicted octanol–water partition coefficient (Wildman–Crippen LogP) is 0.461. The molecule has 7 heteroatoms. The van der Waals surface area contributed by atoms with Crippen LogP contribution in [-0.2, 0) is 6.54 Å². The number of aromatic nitrogens is 4. The fraction of sp³-hybridized carbons (Fsp3) is 0.222. The molecule has 2 aromatic heterocycles. The minimum Gasteiger partial charge on any atom is -0.396 e. The number of nitrogens with one attached hydrogen (secondary N) is 2. The molecule has 0 saturated heterocycles. The Bertz CT molecular complexity index is 500. The molecule has 1 amide bonds. The van der Waals surface area contributed by atoms with E-state index < -0.39 is 0 Å². The lowest BCUT2D eigenvalue weighted by Gasteiger charge is -2.00. The Morgan fingerprint density at radius 2 is 2.44 bits per heavy atom. The zero-order valence-electron chi connectivity index (χ0n) is 8.77. The highest BCUT2D eigenvalue weighted by atomic mass is 16.2. The van der Waals surface area contributed by atoms with E-state index in [1.165, 1.54) is 6.20 Å². The number of aromatic amines is 1. The predicted molar refractivity (Wildman–Crippen MR) is 58.9 cm³/mol. The minimum absolute atomic E-state index is 0.254. The van der Waals surface area contributed by atoms with Crippen molar-refractivity contribution in [2.24, 2.45) is 0 Å². The molecular weight excluding hydrogens is 208 g/mol. The number of amides is 1. The van der Waals surface area contributed by atoms with E-state index in [-0.39, 0.29) is 11.6 Å². The summed E-state index contributed by atoms with van der Waals surface area (Å²) in [4.78, 5) is 11.7. The summed E-state index contributed by atoms with van der Waals surface area (Å²) in [7, 11) is 0. The molecule has 0 aliphatic rings. The van der Waals surface area contributed by atoms with Crippen LogP contribution >= 0.6 is 0 Å². The number of hydrogen-bond acceptors (Lipinski definition) is 4. The monoisotopic (exact) mass is 220 g/mol. The fourth-order valence-corrected chi connectivity index (χ4v) is 1.27. The van der Waals surface area contributed by atoms with Gasteiger partial charge in [0.2, 0.25) is 0 Å². The third kappa shape index (κ3) is 1.88. The average Bonchev–Trinajstić information content (AvgIpc) is 2.86. The lowest BCUT2D eigenvalue weighted by Crippen LogP contribution is -2.13. The third-order valence-corrected chi connectivity index (χ3v) is 2.11. The van der Waals surface area contributed by atoms with Crippen molar-refractivity contribution >= 4 is 17.3 Å². The molecular formula is C9H12N6O. The molecule has 2 heterocycles. The van der Waals surface area contributed by atoms with E-state index in [9.17, 15) is 4.79 Å². The van der Waals surface area contributed by atoms with Gasteiger partial charge in [-0.15, -0.1) is 0 Å². The molecule has 0 radical (unpaired) electrons. The van der Waals surface area contributed by atoms with Crippen LogP contribution in [0.25, 0.3) is 0 Å². The maximum Gasteiger partial charge on any atom is 0.275 e. The highest BCUT2D eigenvalue weighted by molar-refractivity contribution is 6.05. The standard InChI is InChI=1S/C9H12N6O/c1-2-15-5-6(3-12-15)13-9(16)8-7(10)4-11-14-8/h3-5H,2,10H2,1H3,(H,11,14)(H,13,16). The van der Waals surface area contributed by atoms with Crippen LogP contribution in [-0.4, -0.2) is 25.9 Å². The molecule has 2 rings (SSSR count). The van der Waals surface area contributed by atoms with Crippen LogP contribution < -0.4 is 11.1 Å². The minimum atomic E-state index is -0.328. The molecule has 0 aliphatic carbocycles. The Hall–Kier alpha value is -2.31. The third-order valence-electron chi connectivity index (χ3n) is 2.11. The van der Waals surface area contributed by atoms with Crippen LogP contribution in [0.15, 0.2) is 18.6 Å². The van der Waals surface area contributed by atoms with E-state index in [0.29, 0.717) is 11.4 Å². The van der Waals surface area contributed by atoms with Gasteiger partial charge in [-0.25, -0.2) is 0 Å². The number of hydrogen-bond donors (Lipinski definition) is 3. The van der Waals surface area contributed by atoms with E-state index >= 15 is 0 Å². The van der Waals surface area contributed by atoms with E-state index in [0.717, 1.165) is 6.54 Å². The molecule has 0 fully saturated rings. The van der Waals surface area contributed by atoms with Gasteiger partial charge in [-0.1, -0.05) is 0 Å². The zero-order valence-corrected chi connectivity index (χ0v) is 8.77. The summed E-state index contributed by atoms with van der Waals surface area (Å²) in [5.41, 5.74) is 6.75. The van der Waals surface area contributed by atoms with Crippen LogP contribution in [0.2, 0.25) is 0 Å². The number of aryl methyl sites for hydroxylation is 1. The van der Waals surface area contributed by atoms with Crippen LogP contribution in [0.3, 0.4) is 0 Å². The molecule has 84 valence electrons. The highest BCUT2D eigenvalue weighted by Crippen LogP contribution is 2.10. The maximum atomic E-state index is 11.7. The molecule has 7 nitrogen and oxygen atoms in total. The van der Waals surface area contributed by atoms with Crippen LogP contribution in [0.5, 0.6) is 0 Å². The molecule has 4 N–H and O–H groups in total. The number of nitrogens with two attached hydrogens (primary N) is 1. The van der Waals surface area contributed by atoms with Gasteiger partial charge < -0.3 is 11.1 Å². The van der Waals surface area contributed by atoms with E-state index in [2.05, 4.69) is 20.6 Å². The molecule has 2 aromatic rings. The van der Waals surface area contributed by atoms with Gasteiger partial charge in [0.25, 0.3) is 5.91 Å². The second kappa shape index (κ2) is 4.05. The van der Waals surface area contributed by atoms with Gasteiger partial charge in [-0.05, 0) is 6.92 Å². The van der Waals surface area contributed by atoms with Gasteiger partial charge in [-0.3, -0.25) is 14.6 Å². The van der Waals surface area contributed by atoms with Crippen molar-refractivity contribution in [1.82, 2.24) is 20.0 Å². The number of H-pyrrole nitrogens is 1. The number of carbonyl (C=O) groups excluding carboxylic acids is 1. The molecule has 0 atom stereocenters. The van der Waals surface area contributed by atoms with Crippen molar-refractivity contribution in [2.45, 2.75) is 13.5 Å². The fourth-order valence-electron chi connectivity index (χ4n) is 1.27. The summed E-state index contributed by atoms with van der Waals surface area (Å²) in [6, 6.07) is 0. The first-order chi connectivity index (χ1) is 7.70. The van der Waals surface area contributed by atoms with Crippen molar-refractivity contribution in [3.05, 3.63) is 24.3 Å². The SMILES string of the molecule is CCn1cc(NC(=O)c2[nH]ncc2N)cn1. The summed E-state index contributed by atoms with van der Waals surface area (Å²) in [6.07, 6.45) is 4.71. The lowest BCUT2D eigenvalue weighted by atomic mass is 10.3. The molecule has 0 aliphatic heterocycles. The normalized spacial score (nSPS) is 10.3. The number of anilines is 2. The maximum absolute atomic E-state index is 11.7. The lowest BCUT2D eigenvalue weighted by molar-refractivity contribution is 0.102. The van der Waals surface area contributed by atoms with Gasteiger partial charge in [0.05, 0.1) is 23.8 Å². The van der Waals surface area contributed by atoms with Gasteiger partial charge in [0.15, 0.2) is 0 Å². The molecule has 0 spiro atoms. The largest absolute Gasteiger partial charge is 0.396 e. The Labute approximate surface area is 91.6 Å². The van der Waals surface area contributed by atoms with Crippen molar-refractivity contribution in [3.8, 4) is 0 Å². The summed E-state index contributed by atoms with van der Waals surface area (Å²) in [6.45, 7) is 2.72. The number of rotatable bonds is 3. The number of carbonyl (C=O) groups is 1. The zero-order chi connectivity index (χ0) is 11.5. The second-order valence-corrected chi connectivity index (χ2v) is 3.24. The number of nitrogens with zero attached hydrogens (tertiary/aromatic N) is 3. The second-order valence-electron chi connectivity index (χ2n) is 3.24. The molecule has 16 heavy (non-hydrogen) atoms. The average molecular weight is 220 g/mol. The Morgan fingerprint density at radius 3 is 3.00 bits per heavy atom. The van der Waals surface area contributed by atoms with Crippen molar-refractivity contribution in [1.29, 1.82) is 0 Å². The first-order valence-corrected chi connectivity index (χ1v) is 4.83. The topological polar surface area (TPSA) is 102 Å². The van der Waals surface area contributed by atoms with Crippen molar-refractivity contribution < 1.29 is 4.79 Å². The molecule has 0 bridgehead atoms. The summed E-state index contributed by atoms with van der Waals surface area (Å²) in [5, 5.41) is 12.9. The summed E-state index contributed by atoms with van der Waals surface area (Å²) in [5.74, 6) is -0.328. The first-order valence-electron chi connectivity index (χ1n) is 4.83. The summed E-state index contributed by atoms with van der Waals surface area (Å²) >= 11 is 0. The van der Waals surface area contributed by atoms with Gasteiger partial charge in [0.1, 0.15) is 5.69 Å². The van der Waals surface area contributed by atoms with Crippen LogP contribution in [0.1, 0.15) is 17.4 Å². The van der Waals surface area contributed by atoms with Gasteiger partial charge in [-0.2, -0.15) is 10.2 Å². The first kappa shape index (κ1) is 10.2. The van der Waals surface area contributed by atoms with Crippen LogP contribution in [0.4, 0.5) is 11.4 Å². The van der Waals surface area contributed by atoms with Crippen molar-refractivity contribution in [3.63, 3.8) is 0 Å². The van der Waals surface area contributed by atoms with Crippen molar-refractivity contribution in [2.75, 3.05) is 11.1 Å². The summed E-state index contributed by atoms with van der Waals surface area (Å²) < 4.78 is 1.71. The molecule has 0 saturated carbocycles. The van der Waals surface area contributed by atoms with Crippen LogP contribution in [0, 0.1) is 0 Å². The Kier molecular flexibility index (Phi) is 2.59. The Morgan fingerprint density at radius 1 is 1.62 bits per heavy atom. The quantitative estimate of drug-likeness (QED) is 0.699. The van der Waals surface area contributed by atoms with E-state index in [4.69, 9.17) is 5.73 Å². The van der Waals surface area contributed by atoms with Gasteiger partial charge in [0, 0.05) is 12.7 Å². The molecule has 0 unspecified atom stereocenters. The van der Waals surface area contributed by atoms with E-state index in [1.54, 1.807) is 17.1 Å². The smallest absolute Gasteiger partial charge is 0.275 e. The highest BCUT2D eigenvalue weighted by Gasteiger charge is 2.12. The molecule has 0 aromatic carbocycles. The van der Waals surface area contributed by atoms with Gasteiger partial charge >= 0.3 is 0 Å².